The molecule has 0 aromatic heterocycles. The van der Waals surface area contributed by atoms with E-state index in [1.165, 1.54) is 37.7 Å². The van der Waals surface area contributed by atoms with Crippen LogP contribution in [0.4, 0.5) is 22.0 Å². The predicted molar refractivity (Wildman–Crippen MR) is 117 cm³/mol. The van der Waals surface area contributed by atoms with Gasteiger partial charge in [-0.1, -0.05) is 61.9 Å². The van der Waals surface area contributed by atoms with Gasteiger partial charge in [0.05, 0.1) is 0 Å². The van der Waals surface area contributed by atoms with Crippen LogP contribution in [0, 0.1) is 17.6 Å². The van der Waals surface area contributed by atoms with Crippen LogP contribution in [0.5, 0.6) is 0 Å². The van der Waals surface area contributed by atoms with Crippen molar-refractivity contribution in [3.05, 3.63) is 83.4 Å². The van der Waals surface area contributed by atoms with Crippen LogP contribution >= 0.6 is 0 Å². The summed E-state index contributed by atoms with van der Waals surface area (Å²) in [6.45, 7) is 2.26. The van der Waals surface area contributed by atoms with E-state index in [-0.39, 0.29) is 5.56 Å². The number of rotatable bonds is 4. The zero-order valence-corrected chi connectivity index (χ0v) is 17.9. The van der Waals surface area contributed by atoms with Gasteiger partial charge >= 0.3 is 6.18 Å². The van der Waals surface area contributed by atoms with Gasteiger partial charge in [-0.3, -0.25) is 0 Å². The zero-order valence-electron chi connectivity index (χ0n) is 17.9. The summed E-state index contributed by atoms with van der Waals surface area (Å²) in [5, 5.41) is 0. The van der Waals surface area contributed by atoms with Crippen molar-refractivity contribution >= 4 is 0 Å². The van der Waals surface area contributed by atoms with Crippen molar-refractivity contribution in [3.63, 3.8) is 0 Å². The minimum Gasteiger partial charge on any atom is -0.206 e. The summed E-state index contributed by atoms with van der Waals surface area (Å²) in [6, 6.07) is 16.9. The van der Waals surface area contributed by atoms with Gasteiger partial charge in [-0.15, -0.1) is 0 Å². The maximum Gasteiger partial charge on any atom is 0.422 e. The largest absolute Gasteiger partial charge is 0.422 e. The third kappa shape index (κ3) is 4.72. The fourth-order valence-corrected chi connectivity index (χ4v) is 4.72. The Morgan fingerprint density at radius 2 is 1.12 bits per heavy atom. The lowest BCUT2D eigenvalue weighted by Gasteiger charge is -2.28. The molecule has 0 spiro atoms. The molecule has 5 heteroatoms. The highest BCUT2D eigenvalue weighted by molar-refractivity contribution is 5.71. The van der Waals surface area contributed by atoms with Gasteiger partial charge in [0, 0.05) is 0 Å². The molecule has 0 radical (unpaired) electrons. The van der Waals surface area contributed by atoms with Crippen LogP contribution < -0.4 is 0 Å². The first kappa shape index (κ1) is 22.5. The maximum absolute atomic E-state index is 13.9. The molecule has 0 saturated heterocycles. The molecular formula is C27H25F5. The molecule has 1 fully saturated rings. The Labute approximate surface area is 185 Å². The summed E-state index contributed by atoms with van der Waals surface area (Å²) in [5.74, 6) is -1.75. The first-order valence-electron chi connectivity index (χ1n) is 11.0. The highest BCUT2D eigenvalue weighted by atomic mass is 19.4. The van der Waals surface area contributed by atoms with Gasteiger partial charge in [-0.25, -0.2) is 8.78 Å². The molecule has 0 heterocycles. The molecule has 1 aliphatic rings. The van der Waals surface area contributed by atoms with Gasteiger partial charge in [0.1, 0.15) is 17.2 Å². The molecule has 0 unspecified atom stereocenters. The van der Waals surface area contributed by atoms with Crippen LogP contribution in [-0.4, -0.2) is 0 Å². The predicted octanol–water partition coefficient (Wildman–Crippen LogP) is 9.00. The van der Waals surface area contributed by atoms with E-state index < -0.39 is 23.4 Å². The monoisotopic (exact) mass is 444 g/mol. The van der Waals surface area contributed by atoms with E-state index in [4.69, 9.17) is 0 Å². The van der Waals surface area contributed by atoms with Crippen LogP contribution in [0.25, 0.3) is 22.3 Å². The highest BCUT2D eigenvalue weighted by Gasteiger charge is 2.38. The van der Waals surface area contributed by atoms with Crippen molar-refractivity contribution in [2.24, 2.45) is 5.92 Å². The second kappa shape index (κ2) is 9.05. The summed E-state index contributed by atoms with van der Waals surface area (Å²) in [7, 11) is 0. The number of hydrogen-bond acceptors (Lipinski definition) is 0. The first-order chi connectivity index (χ1) is 15.3. The van der Waals surface area contributed by atoms with Crippen molar-refractivity contribution in [3.8, 4) is 22.3 Å². The van der Waals surface area contributed by atoms with Crippen molar-refractivity contribution < 1.29 is 22.0 Å². The second-order valence-electron chi connectivity index (χ2n) is 8.64. The molecule has 1 saturated carbocycles. The Morgan fingerprint density at radius 1 is 0.688 bits per heavy atom. The van der Waals surface area contributed by atoms with E-state index in [1.54, 1.807) is 12.1 Å². The highest BCUT2D eigenvalue weighted by Crippen LogP contribution is 2.38. The molecule has 3 aromatic carbocycles. The summed E-state index contributed by atoms with van der Waals surface area (Å²) >= 11 is 0. The third-order valence-electron chi connectivity index (χ3n) is 6.68. The number of benzene rings is 3. The van der Waals surface area contributed by atoms with Crippen LogP contribution in [0.2, 0.25) is 0 Å². The fourth-order valence-electron chi connectivity index (χ4n) is 4.72. The lowest BCUT2D eigenvalue weighted by atomic mass is 9.77. The molecule has 0 N–H and O–H groups in total. The van der Waals surface area contributed by atoms with Crippen LogP contribution in [-0.2, 0) is 6.18 Å². The summed E-state index contributed by atoms with van der Waals surface area (Å²) in [4.78, 5) is 0. The van der Waals surface area contributed by atoms with E-state index in [1.807, 2.05) is 12.1 Å². The van der Waals surface area contributed by atoms with Crippen LogP contribution in [0.1, 0.15) is 56.1 Å². The first-order valence-corrected chi connectivity index (χ1v) is 11.0. The molecular weight excluding hydrogens is 419 g/mol. The number of alkyl halides is 3. The minimum atomic E-state index is -5.07. The zero-order chi connectivity index (χ0) is 22.9. The molecule has 32 heavy (non-hydrogen) atoms. The Bertz CT molecular complexity index is 1030. The Morgan fingerprint density at radius 3 is 1.56 bits per heavy atom. The van der Waals surface area contributed by atoms with E-state index in [9.17, 15) is 22.0 Å². The van der Waals surface area contributed by atoms with Gasteiger partial charge in [0.2, 0.25) is 0 Å². The summed E-state index contributed by atoms with van der Waals surface area (Å²) < 4.78 is 66.2. The van der Waals surface area contributed by atoms with E-state index in [0.717, 1.165) is 29.2 Å². The lowest BCUT2D eigenvalue weighted by molar-refractivity contribution is -0.142. The SMILES string of the molecule is CCC1CCC(c2ccc(-c3ccc(-c4cc(F)c(C(F)(F)F)c(F)c4)cc3)cc2)CC1. The smallest absolute Gasteiger partial charge is 0.206 e. The normalized spacial score (nSPS) is 19.2. The van der Waals surface area contributed by atoms with Gasteiger partial charge in [-0.2, -0.15) is 13.2 Å². The molecule has 4 rings (SSSR count). The fraction of sp³-hybridized carbons (Fsp3) is 0.333. The van der Waals surface area contributed by atoms with Crippen molar-refractivity contribution in [1.29, 1.82) is 0 Å². The van der Waals surface area contributed by atoms with Gasteiger partial charge in [0.25, 0.3) is 0 Å². The topological polar surface area (TPSA) is 0 Å². The number of hydrogen-bond donors (Lipinski definition) is 0. The maximum atomic E-state index is 13.9. The van der Waals surface area contributed by atoms with Crippen molar-refractivity contribution in [2.45, 2.75) is 51.1 Å². The second-order valence-corrected chi connectivity index (χ2v) is 8.64. The van der Waals surface area contributed by atoms with Crippen molar-refractivity contribution in [2.75, 3.05) is 0 Å². The van der Waals surface area contributed by atoms with E-state index >= 15 is 0 Å². The minimum absolute atomic E-state index is 0.0672. The Balaban J connectivity index is 1.51. The quantitative estimate of drug-likeness (QED) is 0.352. The van der Waals surface area contributed by atoms with Crippen molar-refractivity contribution in [1.82, 2.24) is 0 Å². The molecule has 0 atom stereocenters. The molecule has 0 aliphatic heterocycles. The van der Waals surface area contributed by atoms with Gasteiger partial charge in [0.15, 0.2) is 0 Å². The molecule has 3 aromatic rings. The summed E-state index contributed by atoms with van der Waals surface area (Å²) in [5.41, 5.74) is 1.97. The number of halogens is 5. The third-order valence-corrected chi connectivity index (χ3v) is 6.68. The molecule has 1 aliphatic carbocycles. The average molecular weight is 444 g/mol. The Kier molecular flexibility index (Phi) is 6.36. The molecule has 0 nitrogen and oxygen atoms in total. The standard InChI is InChI=1S/C27H25F5/c1-2-17-3-5-18(6-4-17)19-7-9-20(10-8-19)21-11-13-22(14-12-21)23-15-24(28)26(25(29)16-23)27(30,31)32/h7-18H,2-6H2,1H3. The summed E-state index contributed by atoms with van der Waals surface area (Å²) in [6.07, 6.45) is 1.22. The van der Waals surface area contributed by atoms with Gasteiger partial charge in [-0.05, 0) is 77.5 Å². The van der Waals surface area contributed by atoms with Crippen LogP contribution in [0.15, 0.2) is 60.7 Å². The Hall–Kier alpha value is -2.69. The molecule has 0 bridgehead atoms. The van der Waals surface area contributed by atoms with Crippen LogP contribution in [0.3, 0.4) is 0 Å². The van der Waals surface area contributed by atoms with Gasteiger partial charge < -0.3 is 0 Å². The molecule has 0 amide bonds. The van der Waals surface area contributed by atoms with E-state index in [0.29, 0.717) is 11.5 Å². The molecule has 168 valence electrons. The van der Waals surface area contributed by atoms with E-state index in [2.05, 4.69) is 31.2 Å². The average Bonchev–Trinajstić information content (AvgIpc) is 2.78. The lowest BCUT2D eigenvalue weighted by Crippen LogP contribution is -2.12.